The molecule has 1 atom stereocenters. The van der Waals surface area contributed by atoms with E-state index in [1.165, 1.54) is 5.56 Å². The summed E-state index contributed by atoms with van der Waals surface area (Å²) < 4.78 is 5.17. The van der Waals surface area contributed by atoms with Crippen LogP contribution in [0, 0.1) is 5.92 Å². The molecule has 0 bridgehead atoms. The van der Waals surface area contributed by atoms with Crippen LogP contribution in [0.15, 0.2) is 29.4 Å². The summed E-state index contributed by atoms with van der Waals surface area (Å²) in [7, 11) is 1.68. The number of methoxy groups -OCH3 is 1. The van der Waals surface area contributed by atoms with Crippen molar-refractivity contribution in [2.45, 2.75) is 26.3 Å². The van der Waals surface area contributed by atoms with Gasteiger partial charge >= 0.3 is 0 Å². The maximum atomic E-state index is 8.98. The molecule has 0 saturated carbocycles. The van der Waals surface area contributed by atoms with E-state index in [0.29, 0.717) is 5.92 Å². The van der Waals surface area contributed by atoms with E-state index in [9.17, 15) is 0 Å². The molecule has 1 saturated heterocycles. The molecule has 1 aromatic carbocycles. The van der Waals surface area contributed by atoms with Crippen LogP contribution < -0.4 is 4.74 Å². The van der Waals surface area contributed by atoms with Gasteiger partial charge in [-0.25, -0.2) is 0 Å². The van der Waals surface area contributed by atoms with Gasteiger partial charge in [0.25, 0.3) is 0 Å². The van der Waals surface area contributed by atoms with Gasteiger partial charge in [0.1, 0.15) is 5.75 Å². The number of piperidine rings is 1. The van der Waals surface area contributed by atoms with Crippen molar-refractivity contribution in [3.63, 3.8) is 0 Å². The highest BCUT2D eigenvalue weighted by molar-refractivity contribution is 5.87. The lowest BCUT2D eigenvalue weighted by atomic mass is 9.93. The first-order valence-electron chi connectivity index (χ1n) is 6.83. The van der Waals surface area contributed by atoms with Gasteiger partial charge < -0.3 is 9.94 Å². The molecule has 1 heterocycles. The van der Waals surface area contributed by atoms with E-state index in [1.807, 2.05) is 12.1 Å². The molecule has 0 aromatic heterocycles. The van der Waals surface area contributed by atoms with Crippen molar-refractivity contribution >= 4 is 5.71 Å². The zero-order valence-electron chi connectivity index (χ0n) is 11.7. The Hall–Kier alpha value is -1.55. The Bertz CT molecular complexity index is 428. The first-order chi connectivity index (χ1) is 9.26. The fourth-order valence-corrected chi connectivity index (χ4v) is 2.61. The number of nitrogens with zero attached hydrogens (tertiary/aromatic N) is 2. The summed E-state index contributed by atoms with van der Waals surface area (Å²) >= 11 is 0. The molecular weight excluding hydrogens is 240 g/mol. The van der Waals surface area contributed by atoms with E-state index in [2.05, 4.69) is 29.1 Å². The first-order valence-corrected chi connectivity index (χ1v) is 6.83. The zero-order chi connectivity index (χ0) is 13.7. The largest absolute Gasteiger partial charge is 0.497 e. The molecule has 1 aromatic rings. The summed E-state index contributed by atoms with van der Waals surface area (Å²) in [5, 5.41) is 12.4. The monoisotopic (exact) mass is 262 g/mol. The highest BCUT2D eigenvalue weighted by Gasteiger charge is 2.24. The lowest BCUT2D eigenvalue weighted by Gasteiger charge is -2.32. The lowest BCUT2D eigenvalue weighted by Crippen LogP contribution is -2.40. The predicted molar refractivity (Wildman–Crippen MR) is 75.9 cm³/mol. The summed E-state index contributed by atoms with van der Waals surface area (Å²) in [5.41, 5.74) is 2.24. The van der Waals surface area contributed by atoms with Gasteiger partial charge in [0, 0.05) is 32.0 Å². The van der Waals surface area contributed by atoms with E-state index in [0.717, 1.165) is 43.9 Å². The first kappa shape index (κ1) is 13.9. The van der Waals surface area contributed by atoms with Crippen molar-refractivity contribution in [1.29, 1.82) is 0 Å². The number of hydrogen-bond donors (Lipinski definition) is 1. The molecule has 1 fully saturated rings. The minimum atomic E-state index is 0.386. The number of rotatable bonds is 4. The van der Waals surface area contributed by atoms with Crippen molar-refractivity contribution in [2.75, 3.05) is 20.2 Å². The van der Waals surface area contributed by atoms with Crippen LogP contribution in [0.25, 0.3) is 0 Å². The van der Waals surface area contributed by atoms with Gasteiger partial charge in [0.05, 0.1) is 12.8 Å². The maximum absolute atomic E-state index is 8.98. The second kappa shape index (κ2) is 6.57. The third kappa shape index (κ3) is 3.47. The highest BCUT2D eigenvalue weighted by atomic mass is 16.5. The Morgan fingerprint density at radius 2 is 2.11 bits per heavy atom. The van der Waals surface area contributed by atoms with E-state index in [-0.39, 0.29) is 0 Å². The molecule has 2 rings (SSSR count). The van der Waals surface area contributed by atoms with Crippen molar-refractivity contribution in [2.24, 2.45) is 11.1 Å². The smallest absolute Gasteiger partial charge is 0.118 e. The fourth-order valence-electron chi connectivity index (χ4n) is 2.61. The van der Waals surface area contributed by atoms with Crippen LogP contribution in [0.3, 0.4) is 0 Å². The average molecular weight is 262 g/mol. The van der Waals surface area contributed by atoms with Crippen molar-refractivity contribution in [3.8, 4) is 5.75 Å². The van der Waals surface area contributed by atoms with Gasteiger partial charge in [-0.3, -0.25) is 4.90 Å². The van der Waals surface area contributed by atoms with Crippen LogP contribution in [-0.4, -0.2) is 36.0 Å². The molecule has 1 aliphatic rings. The molecule has 104 valence electrons. The summed E-state index contributed by atoms with van der Waals surface area (Å²) in [6.45, 7) is 5.02. The van der Waals surface area contributed by atoms with Crippen molar-refractivity contribution in [3.05, 3.63) is 29.8 Å². The van der Waals surface area contributed by atoms with Crippen LogP contribution in [0.2, 0.25) is 0 Å². The summed E-state index contributed by atoms with van der Waals surface area (Å²) in [6, 6.07) is 8.21. The van der Waals surface area contributed by atoms with E-state index in [1.54, 1.807) is 7.11 Å². The molecule has 1 unspecified atom stereocenters. The van der Waals surface area contributed by atoms with Gasteiger partial charge in [-0.2, -0.15) is 0 Å². The van der Waals surface area contributed by atoms with Crippen molar-refractivity contribution in [1.82, 2.24) is 4.90 Å². The Morgan fingerprint density at radius 1 is 1.37 bits per heavy atom. The third-order valence-corrected chi connectivity index (χ3v) is 3.82. The van der Waals surface area contributed by atoms with Crippen LogP contribution in [-0.2, 0) is 6.54 Å². The van der Waals surface area contributed by atoms with Gasteiger partial charge in [-0.1, -0.05) is 24.2 Å². The molecular formula is C15H22N2O2. The molecule has 0 amide bonds. The van der Waals surface area contributed by atoms with Gasteiger partial charge in [0.2, 0.25) is 0 Å². The molecule has 0 spiro atoms. The number of ether oxygens (including phenoxy) is 1. The van der Waals surface area contributed by atoms with E-state index < -0.39 is 0 Å². The van der Waals surface area contributed by atoms with Gasteiger partial charge in [-0.05, 0) is 24.1 Å². The lowest BCUT2D eigenvalue weighted by molar-refractivity contribution is 0.220. The minimum absolute atomic E-state index is 0.386. The van der Waals surface area contributed by atoms with E-state index >= 15 is 0 Å². The van der Waals surface area contributed by atoms with Crippen LogP contribution in [0.5, 0.6) is 5.75 Å². The van der Waals surface area contributed by atoms with Crippen LogP contribution in [0.4, 0.5) is 0 Å². The van der Waals surface area contributed by atoms with Crippen molar-refractivity contribution < 1.29 is 9.94 Å². The normalized spacial score (nSPS) is 22.6. The number of hydrogen-bond acceptors (Lipinski definition) is 4. The topological polar surface area (TPSA) is 45.1 Å². The summed E-state index contributed by atoms with van der Waals surface area (Å²) in [4.78, 5) is 2.42. The molecule has 4 heteroatoms. The Labute approximate surface area is 114 Å². The fraction of sp³-hybridized carbons (Fsp3) is 0.533. The minimum Gasteiger partial charge on any atom is -0.497 e. The molecule has 1 N–H and O–H groups in total. The third-order valence-electron chi connectivity index (χ3n) is 3.82. The summed E-state index contributed by atoms with van der Waals surface area (Å²) in [6.07, 6.45) is 1.89. The van der Waals surface area contributed by atoms with Gasteiger partial charge in [-0.15, -0.1) is 0 Å². The van der Waals surface area contributed by atoms with Gasteiger partial charge in [0.15, 0.2) is 0 Å². The maximum Gasteiger partial charge on any atom is 0.118 e. The molecule has 19 heavy (non-hydrogen) atoms. The SMILES string of the molecule is CCC1CN(Cc2ccc(OC)cc2)CC/C1=N\O. The molecule has 1 aliphatic heterocycles. The van der Waals surface area contributed by atoms with Crippen LogP contribution in [0.1, 0.15) is 25.3 Å². The number of likely N-dealkylation sites (tertiary alicyclic amines) is 1. The van der Waals surface area contributed by atoms with Crippen LogP contribution >= 0.6 is 0 Å². The molecule has 0 aliphatic carbocycles. The highest BCUT2D eigenvalue weighted by Crippen LogP contribution is 2.20. The summed E-state index contributed by atoms with van der Waals surface area (Å²) in [5.74, 6) is 1.28. The predicted octanol–water partition coefficient (Wildman–Crippen LogP) is 2.76. The Morgan fingerprint density at radius 3 is 2.68 bits per heavy atom. The standard InChI is InChI=1S/C15H22N2O2/c1-3-13-11-17(9-8-15(13)16-18)10-12-4-6-14(19-2)7-5-12/h4-7,13,18H,3,8-11H2,1-2H3/b16-15+. The Kier molecular flexibility index (Phi) is 4.80. The zero-order valence-corrected chi connectivity index (χ0v) is 11.7. The number of benzene rings is 1. The quantitative estimate of drug-likeness (QED) is 0.670. The Balaban J connectivity index is 1.96. The number of oxime groups is 1. The average Bonchev–Trinajstić information content (AvgIpc) is 2.48. The molecule has 4 nitrogen and oxygen atoms in total. The molecule has 0 radical (unpaired) electrons. The second-order valence-electron chi connectivity index (χ2n) is 5.03. The van der Waals surface area contributed by atoms with E-state index in [4.69, 9.17) is 9.94 Å². The second-order valence-corrected chi connectivity index (χ2v) is 5.03.